The van der Waals surface area contributed by atoms with Crippen LogP contribution in [0.15, 0.2) is 22.7 Å². The number of fused-ring (bicyclic) bond motifs is 1. The minimum absolute atomic E-state index is 0.272. The zero-order valence-electron chi connectivity index (χ0n) is 6.34. The Balaban J connectivity index is 2.86. The molecule has 0 N–H and O–H groups in total. The Morgan fingerprint density at radius 3 is 2.92 bits per heavy atom. The van der Waals surface area contributed by atoms with Gasteiger partial charge in [-0.25, -0.2) is 4.39 Å². The van der Waals surface area contributed by atoms with Crippen LogP contribution < -0.4 is 0 Å². The van der Waals surface area contributed by atoms with E-state index in [0.717, 1.165) is 14.6 Å². The van der Waals surface area contributed by atoms with Crippen LogP contribution in [0.1, 0.15) is 4.88 Å². The average molecular weight is 256 g/mol. The maximum Gasteiger partial charge on any atom is 0.124 e. The van der Waals surface area contributed by atoms with Crippen LogP contribution in [0.2, 0.25) is 0 Å². The second-order valence-electron chi connectivity index (χ2n) is 2.50. The second kappa shape index (κ2) is 3.09. The third-order valence-electron chi connectivity index (χ3n) is 1.69. The molecule has 0 aliphatic rings. The van der Waals surface area contributed by atoms with Crippen molar-refractivity contribution in [3.05, 3.63) is 33.4 Å². The quantitative estimate of drug-likeness (QED) is 0.705. The summed E-state index contributed by atoms with van der Waals surface area (Å²) < 4.78 is 14.3. The number of rotatable bonds is 0. The fraction of sp³-hybridized carbons (Fsp3) is 0. The number of thiophene rings is 1. The third-order valence-corrected chi connectivity index (χ3v) is 3.84. The lowest BCUT2D eigenvalue weighted by atomic mass is 10.2. The van der Waals surface area contributed by atoms with E-state index in [2.05, 4.69) is 22.0 Å². The van der Waals surface area contributed by atoms with Crippen LogP contribution in [-0.2, 0) is 0 Å². The zero-order valence-corrected chi connectivity index (χ0v) is 8.75. The van der Waals surface area contributed by atoms with Gasteiger partial charge in [0.15, 0.2) is 0 Å². The van der Waals surface area contributed by atoms with Gasteiger partial charge in [-0.2, -0.15) is 5.26 Å². The first-order chi connectivity index (χ1) is 6.22. The molecule has 0 aliphatic heterocycles. The zero-order chi connectivity index (χ0) is 9.42. The Labute approximate surface area is 86.5 Å². The highest BCUT2D eigenvalue weighted by Gasteiger charge is 2.09. The van der Waals surface area contributed by atoms with Crippen molar-refractivity contribution in [3.8, 4) is 6.07 Å². The van der Waals surface area contributed by atoms with Crippen molar-refractivity contribution in [2.45, 2.75) is 0 Å². The predicted molar refractivity (Wildman–Crippen MR) is 54.2 cm³/mol. The van der Waals surface area contributed by atoms with Gasteiger partial charge in [0.05, 0.1) is 4.47 Å². The van der Waals surface area contributed by atoms with Crippen LogP contribution in [0, 0.1) is 17.1 Å². The minimum Gasteiger partial charge on any atom is -0.207 e. The minimum atomic E-state index is -0.272. The molecule has 0 radical (unpaired) electrons. The number of halogens is 2. The molecule has 1 aromatic carbocycles. The molecule has 0 atom stereocenters. The molecule has 2 rings (SSSR count). The number of hydrogen-bond donors (Lipinski definition) is 0. The second-order valence-corrected chi connectivity index (χ2v) is 4.34. The van der Waals surface area contributed by atoms with E-state index in [9.17, 15) is 4.39 Å². The summed E-state index contributed by atoms with van der Waals surface area (Å²) >= 11 is 4.59. The van der Waals surface area contributed by atoms with Crippen LogP contribution in [-0.4, -0.2) is 0 Å². The molecule has 64 valence electrons. The predicted octanol–water partition coefficient (Wildman–Crippen LogP) is 3.67. The van der Waals surface area contributed by atoms with Crippen LogP contribution in [0.4, 0.5) is 4.39 Å². The van der Waals surface area contributed by atoms with Crippen molar-refractivity contribution < 1.29 is 4.39 Å². The van der Waals surface area contributed by atoms with E-state index in [1.54, 1.807) is 6.07 Å². The van der Waals surface area contributed by atoms with Crippen molar-refractivity contribution >= 4 is 37.4 Å². The molecule has 0 amide bonds. The molecular weight excluding hydrogens is 253 g/mol. The summed E-state index contributed by atoms with van der Waals surface area (Å²) in [4.78, 5) is 0.584. The summed E-state index contributed by atoms with van der Waals surface area (Å²) in [6.07, 6.45) is 0. The number of benzene rings is 1. The lowest BCUT2D eigenvalue weighted by Gasteiger charge is -1.89. The van der Waals surface area contributed by atoms with E-state index in [4.69, 9.17) is 5.26 Å². The first-order valence-corrected chi connectivity index (χ1v) is 5.11. The van der Waals surface area contributed by atoms with E-state index in [1.807, 2.05) is 0 Å². The van der Waals surface area contributed by atoms with Gasteiger partial charge in [0.2, 0.25) is 0 Å². The van der Waals surface area contributed by atoms with Gasteiger partial charge in [0.1, 0.15) is 16.8 Å². The molecule has 0 saturated carbocycles. The summed E-state index contributed by atoms with van der Waals surface area (Å²) in [7, 11) is 0. The first-order valence-electron chi connectivity index (χ1n) is 3.50. The SMILES string of the molecule is N#Cc1sc2cc(F)ccc2c1Br. The van der Waals surface area contributed by atoms with Crippen molar-refractivity contribution in [1.29, 1.82) is 5.26 Å². The highest BCUT2D eigenvalue weighted by molar-refractivity contribution is 9.10. The van der Waals surface area contributed by atoms with E-state index in [0.29, 0.717) is 4.88 Å². The standard InChI is InChI=1S/C9H3BrFNS/c10-9-6-2-1-5(11)3-7(6)13-8(9)4-12/h1-3H. The van der Waals surface area contributed by atoms with Gasteiger partial charge in [0, 0.05) is 10.1 Å². The van der Waals surface area contributed by atoms with Gasteiger partial charge in [0.25, 0.3) is 0 Å². The Morgan fingerprint density at radius 2 is 2.23 bits per heavy atom. The summed E-state index contributed by atoms with van der Waals surface area (Å²) in [6.45, 7) is 0. The lowest BCUT2D eigenvalue weighted by Crippen LogP contribution is -1.70. The monoisotopic (exact) mass is 255 g/mol. The molecule has 13 heavy (non-hydrogen) atoms. The Kier molecular flexibility index (Phi) is 2.06. The smallest absolute Gasteiger partial charge is 0.124 e. The summed E-state index contributed by atoms with van der Waals surface area (Å²) in [6, 6.07) is 6.55. The molecule has 0 unspecified atom stereocenters. The van der Waals surface area contributed by atoms with Crippen molar-refractivity contribution in [2.75, 3.05) is 0 Å². The van der Waals surface area contributed by atoms with E-state index >= 15 is 0 Å². The maximum atomic E-state index is 12.8. The van der Waals surface area contributed by atoms with E-state index in [1.165, 1.54) is 23.5 Å². The Hall–Kier alpha value is -0.920. The third kappa shape index (κ3) is 1.34. The molecule has 2 aromatic rings. The van der Waals surface area contributed by atoms with Gasteiger partial charge < -0.3 is 0 Å². The molecule has 0 aliphatic carbocycles. The lowest BCUT2D eigenvalue weighted by molar-refractivity contribution is 0.630. The van der Waals surface area contributed by atoms with Crippen molar-refractivity contribution in [3.63, 3.8) is 0 Å². The van der Waals surface area contributed by atoms with Crippen LogP contribution in [0.25, 0.3) is 10.1 Å². The topological polar surface area (TPSA) is 23.8 Å². The highest BCUT2D eigenvalue weighted by atomic mass is 79.9. The van der Waals surface area contributed by atoms with Gasteiger partial charge >= 0.3 is 0 Å². The van der Waals surface area contributed by atoms with E-state index in [-0.39, 0.29) is 5.82 Å². The van der Waals surface area contributed by atoms with Crippen molar-refractivity contribution in [2.24, 2.45) is 0 Å². The van der Waals surface area contributed by atoms with Gasteiger partial charge in [-0.15, -0.1) is 11.3 Å². The highest BCUT2D eigenvalue weighted by Crippen LogP contribution is 2.35. The van der Waals surface area contributed by atoms with Gasteiger partial charge in [-0.3, -0.25) is 0 Å². The molecule has 0 bridgehead atoms. The fourth-order valence-electron chi connectivity index (χ4n) is 1.11. The van der Waals surface area contributed by atoms with Crippen LogP contribution in [0.3, 0.4) is 0 Å². The van der Waals surface area contributed by atoms with Gasteiger partial charge in [-0.1, -0.05) is 0 Å². The molecule has 0 saturated heterocycles. The Bertz CT molecular complexity index is 512. The normalized spacial score (nSPS) is 10.2. The molecule has 1 aromatic heterocycles. The summed E-state index contributed by atoms with van der Waals surface area (Å²) in [5.41, 5.74) is 0. The molecule has 4 heteroatoms. The molecule has 1 heterocycles. The molecular formula is C9H3BrFNS. The summed E-state index contributed by atoms with van der Waals surface area (Å²) in [5.74, 6) is -0.272. The maximum absolute atomic E-state index is 12.8. The van der Waals surface area contributed by atoms with Crippen molar-refractivity contribution in [1.82, 2.24) is 0 Å². The van der Waals surface area contributed by atoms with Crippen LogP contribution in [0.5, 0.6) is 0 Å². The molecule has 0 fully saturated rings. The average Bonchev–Trinajstić information content (AvgIpc) is 2.42. The number of nitrogens with zero attached hydrogens (tertiary/aromatic N) is 1. The van der Waals surface area contributed by atoms with E-state index < -0.39 is 0 Å². The molecule has 0 spiro atoms. The largest absolute Gasteiger partial charge is 0.207 e. The Morgan fingerprint density at radius 1 is 1.46 bits per heavy atom. The fourth-order valence-corrected chi connectivity index (χ4v) is 2.84. The van der Waals surface area contributed by atoms with Crippen LogP contribution >= 0.6 is 27.3 Å². The molecule has 1 nitrogen and oxygen atoms in total. The number of nitriles is 1. The number of hydrogen-bond acceptors (Lipinski definition) is 2. The summed E-state index contributed by atoms with van der Waals surface area (Å²) in [5, 5.41) is 9.62. The van der Waals surface area contributed by atoms with Gasteiger partial charge in [-0.05, 0) is 34.1 Å². The first kappa shape index (κ1) is 8.67.